The average Bonchev–Trinajstić information content (AvgIpc) is 3.24. The molecular formula is C24H23ClN2O3. The van der Waals surface area contributed by atoms with Gasteiger partial charge in [-0.3, -0.25) is 9.59 Å². The monoisotopic (exact) mass is 422 g/mol. The highest BCUT2D eigenvalue weighted by molar-refractivity contribution is 6.30. The molecule has 2 unspecified atom stereocenters. The Bertz CT molecular complexity index is 1090. The third-order valence-electron chi connectivity index (χ3n) is 5.58. The second kappa shape index (κ2) is 8.00. The van der Waals surface area contributed by atoms with Crippen molar-refractivity contribution in [2.24, 2.45) is 0 Å². The molecule has 1 aromatic heterocycles. The maximum atomic E-state index is 13.1. The Hall–Kier alpha value is -3.05. The predicted octanol–water partition coefficient (Wildman–Crippen LogP) is 5.77. The Morgan fingerprint density at radius 2 is 1.90 bits per heavy atom. The summed E-state index contributed by atoms with van der Waals surface area (Å²) in [5.41, 5.74) is 3.47. The number of benzene rings is 2. The van der Waals surface area contributed by atoms with Crippen molar-refractivity contribution < 1.29 is 14.0 Å². The number of hydrogen-bond donors (Lipinski definition) is 0. The van der Waals surface area contributed by atoms with E-state index in [1.54, 1.807) is 30.0 Å². The second-order valence-electron chi connectivity index (χ2n) is 7.63. The van der Waals surface area contributed by atoms with Gasteiger partial charge in [0.2, 0.25) is 5.91 Å². The van der Waals surface area contributed by atoms with Crippen molar-refractivity contribution >= 4 is 34.8 Å². The lowest BCUT2D eigenvalue weighted by Crippen LogP contribution is -2.47. The van der Waals surface area contributed by atoms with Crippen LogP contribution < -0.4 is 9.80 Å². The zero-order chi connectivity index (χ0) is 21.4. The van der Waals surface area contributed by atoms with Crippen LogP contribution in [-0.4, -0.2) is 17.9 Å². The molecule has 0 fully saturated rings. The molecule has 0 N–H and O–H groups in total. The zero-order valence-electron chi connectivity index (χ0n) is 17.1. The maximum absolute atomic E-state index is 13.1. The Kier molecular flexibility index (Phi) is 5.39. The molecule has 0 aliphatic carbocycles. The van der Waals surface area contributed by atoms with Gasteiger partial charge in [-0.2, -0.15) is 0 Å². The molecule has 4 rings (SSSR count). The van der Waals surface area contributed by atoms with Crippen molar-refractivity contribution in [2.45, 2.75) is 39.3 Å². The van der Waals surface area contributed by atoms with Crippen LogP contribution in [0, 0.1) is 6.92 Å². The molecule has 30 heavy (non-hydrogen) atoms. The van der Waals surface area contributed by atoms with E-state index in [2.05, 4.69) is 0 Å². The number of furan rings is 1. The number of fused-ring (bicyclic) bond motifs is 1. The first-order valence-corrected chi connectivity index (χ1v) is 10.3. The number of hydrogen-bond acceptors (Lipinski definition) is 3. The molecule has 2 amide bonds. The Morgan fingerprint density at radius 1 is 1.13 bits per heavy atom. The zero-order valence-corrected chi connectivity index (χ0v) is 17.9. The summed E-state index contributed by atoms with van der Waals surface area (Å²) in [4.78, 5) is 29.5. The SMILES string of the molecule is CC(=O)N(c1ccc(Cl)cc1C)C1CC(C)N(C(=O)c2ccco2)c2ccccc21. The molecule has 0 spiro atoms. The molecule has 0 radical (unpaired) electrons. The van der Waals surface area contributed by atoms with Crippen LogP contribution in [0.4, 0.5) is 11.4 Å². The Balaban J connectivity index is 1.81. The molecule has 0 saturated heterocycles. The van der Waals surface area contributed by atoms with Gasteiger partial charge in [0.15, 0.2) is 5.76 Å². The lowest BCUT2D eigenvalue weighted by molar-refractivity contribution is -0.117. The Labute approximate surface area is 180 Å². The first kappa shape index (κ1) is 20.2. The van der Waals surface area contributed by atoms with Gasteiger partial charge < -0.3 is 14.2 Å². The summed E-state index contributed by atoms with van der Waals surface area (Å²) in [5.74, 6) is 0.0563. The number of carbonyl (C=O) groups excluding carboxylic acids is 2. The number of para-hydroxylation sites is 1. The van der Waals surface area contributed by atoms with Crippen LogP contribution in [0.3, 0.4) is 0 Å². The van der Waals surface area contributed by atoms with Crippen LogP contribution >= 0.6 is 11.6 Å². The minimum Gasteiger partial charge on any atom is -0.459 e. The molecule has 154 valence electrons. The average molecular weight is 423 g/mol. The number of carbonyl (C=O) groups is 2. The summed E-state index contributed by atoms with van der Waals surface area (Å²) in [6.45, 7) is 5.51. The molecule has 0 saturated carbocycles. The van der Waals surface area contributed by atoms with Crippen LogP contribution in [0.5, 0.6) is 0 Å². The molecule has 3 aromatic rings. The van der Waals surface area contributed by atoms with E-state index in [0.717, 1.165) is 22.5 Å². The highest BCUT2D eigenvalue weighted by Gasteiger charge is 2.38. The molecule has 5 nitrogen and oxygen atoms in total. The molecule has 2 heterocycles. The van der Waals surface area contributed by atoms with E-state index in [9.17, 15) is 9.59 Å². The van der Waals surface area contributed by atoms with Gasteiger partial charge in [-0.25, -0.2) is 0 Å². The minimum atomic E-state index is -0.200. The van der Waals surface area contributed by atoms with Crippen molar-refractivity contribution in [2.75, 3.05) is 9.80 Å². The van der Waals surface area contributed by atoms with Gasteiger partial charge in [0.25, 0.3) is 5.91 Å². The fourth-order valence-corrected chi connectivity index (χ4v) is 4.53. The second-order valence-corrected chi connectivity index (χ2v) is 8.07. The third kappa shape index (κ3) is 3.50. The van der Waals surface area contributed by atoms with E-state index in [1.807, 2.05) is 55.1 Å². The number of amides is 2. The van der Waals surface area contributed by atoms with E-state index < -0.39 is 0 Å². The standard InChI is InChI=1S/C24H23ClN2O3/c1-15-13-18(25)10-11-20(15)27(17(3)28)22-14-16(2)26(21-8-5-4-7-19(21)22)24(29)23-9-6-12-30-23/h4-13,16,22H,14H2,1-3H3. The van der Waals surface area contributed by atoms with Crippen molar-refractivity contribution in [1.29, 1.82) is 0 Å². The van der Waals surface area contributed by atoms with Crippen molar-refractivity contribution in [3.8, 4) is 0 Å². The lowest BCUT2D eigenvalue weighted by atomic mass is 9.89. The topological polar surface area (TPSA) is 53.8 Å². The van der Waals surface area contributed by atoms with E-state index in [-0.39, 0.29) is 23.9 Å². The highest BCUT2D eigenvalue weighted by atomic mass is 35.5. The van der Waals surface area contributed by atoms with Gasteiger partial charge >= 0.3 is 0 Å². The maximum Gasteiger partial charge on any atom is 0.294 e. The summed E-state index contributed by atoms with van der Waals surface area (Å²) in [5, 5.41) is 0.632. The van der Waals surface area contributed by atoms with E-state index >= 15 is 0 Å². The summed E-state index contributed by atoms with van der Waals surface area (Å²) in [6, 6.07) is 16.3. The van der Waals surface area contributed by atoms with E-state index in [0.29, 0.717) is 17.2 Å². The normalized spacial score (nSPS) is 18.1. The first-order valence-electron chi connectivity index (χ1n) is 9.90. The van der Waals surface area contributed by atoms with Crippen LogP contribution in [0.1, 0.15) is 48.0 Å². The summed E-state index contributed by atoms with van der Waals surface area (Å²) >= 11 is 6.14. The quantitative estimate of drug-likeness (QED) is 0.538. The molecule has 0 bridgehead atoms. The molecular weight excluding hydrogens is 400 g/mol. The smallest absolute Gasteiger partial charge is 0.294 e. The van der Waals surface area contributed by atoms with Crippen LogP contribution in [0.15, 0.2) is 65.3 Å². The van der Waals surface area contributed by atoms with Gasteiger partial charge in [0.1, 0.15) is 0 Å². The number of rotatable bonds is 3. The number of aryl methyl sites for hydroxylation is 1. The fourth-order valence-electron chi connectivity index (χ4n) is 4.30. The van der Waals surface area contributed by atoms with Crippen LogP contribution in [-0.2, 0) is 4.79 Å². The minimum absolute atomic E-state index is 0.0572. The Morgan fingerprint density at radius 3 is 2.57 bits per heavy atom. The summed E-state index contributed by atoms with van der Waals surface area (Å²) in [7, 11) is 0. The van der Waals surface area contributed by atoms with E-state index in [1.165, 1.54) is 6.26 Å². The van der Waals surface area contributed by atoms with Gasteiger partial charge in [-0.05, 0) is 67.8 Å². The molecule has 6 heteroatoms. The number of halogens is 1. The highest BCUT2D eigenvalue weighted by Crippen LogP contribution is 2.43. The number of nitrogens with zero attached hydrogens (tertiary/aromatic N) is 2. The number of anilines is 2. The largest absolute Gasteiger partial charge is 0.459 e. The van der Waals surface area contributed by atoms with Crippen molar-refractivity contribution in [1.82, 2.24) is 0 Å². The first-order chi connectivity index (χ1) is 14.4. The molecule has 1 aliphatic rings. The van der Waals surface area contributed by atoms with Crippen molar-refractivity contribution in [3.05, 3.63) is 82.8 Å². The van der Waals surface area contributed by atoms with Crippen LogP contribution in [0.25, 0.3) is 0 Å². The van der Waals surface area contributed by atoms with Gasteiger partial charge in [0.05, 0.1) is 12.3 Å². The molecule has 2 aromatic carbocycles. The predicted molar refractivity (Wildman–Crippen MR) is 118 cm³/mol. The third-order valence-corrected chi connectivity index (χ3v) is 5.82. The van der Waals surface area contributed by atoms with E-state index in [4.69, 9.17) is 16.0 Å². The van der Waals surface area contributed by atoms with Gasteiger partial charge in [-0.1, -0.05) is 29.8 Å². The van der Waals surface area contributed by atoms with Gasteiger partial charge in [-0.15, -0.1) is 0 Å². The lowest BCUT2D eigenvalue weighted by Gasteiger charge is -2.43. The van der Waals surface area contributed by atoms with Crippen molar-refractivity contribution in [3.63, 3.8) is 0 Å². The van der Waals surface area contributed by atoms with Crippen LogP contribution in [0.2, 0.25) is 5.02 Å². The fraction of sp³-hybridized carbons (Fsp3) is 0.250. The van der Waals surface area contributed by atoms with Gasteiger partial charge in [0, 0.05) is 29.4 Å². The summed E-state index contributed by atoms with van der Waals surface area (Å²) < 4.78 is 5.35. The molecule has 2 atom stereocenters. The summed E-state index contributed by atoms with van der Waals surface area (Å²) in [6.07, 6.45) is 2.10. The molecule has 1 aliphatic heterocycles.